The van der Waals surface area contributed by atoms with Crippen molar-refractivity contribution in [3.63, 3.8) is 0 Å². The highest BCUT2D eigenvalue weighted by molar-refractivity contribution is 5.88. The number of amides is 1. The van der Waals surface area contributed by atoms with E-state index in [-0.39, 0.29) is 11.9 Å². The second-order valence-corrected chi connectivity index (χ2v) is 8.23. The second kappa shape index (κ2) is 8.48. The first-order chi connectivity index (χ1) is 13.7. The van der Waals surface area contributed by atoms with E-state index in [9.17, 15) is 4.79 Å². The summed E-state index contributed by atoms with van der Waals surface area (Å²) < 4.78 is 5.59. The highest BCUT2D eigenvalue weighted by Crippen LogP contribution is 2.36. The lowest BCUT2D eigenvalue weighted by Crippen LogP contribution is -2.49. The van der Waals surface area contributed by atoms with Gasteiger partial charge >= 0.3 is 0 Å². The molecule has 3 heteroatoms. The van der Waals surface area contributed by atoms with E-state index in [0.29, 0.717) is 13.2 Å². The van der Waals surface area contributed by atoms with Gasteiger partial charge in [-0.2, -0.15) is 0 Å². The Morgan fingerprint density at radius 3 is 2.46 bits per heavy atom. The van der Waals surface area contributed by atoms with Crippen LogP contribution in [0.4, 0.5) is 0 Å². The van der Waals surface area contributed by atoms with E-state index in [2.05, 4.69) is 42.6 Å². The van der Waals surface area contributed by atoms with Crippen molar-refractivity contribution in [2.24, 2.45) is 0 Å². The van der Waals surface area contributed by atoms with Gasteiger partial charge in [-0.05, 0) is 67.2 Å². The molecule has 0 saturated carbocycles. The molecule has 4 rings (SSSR count). The van der Waals surface area contributed by atoms with E-state index in [1.54, 1.807) is 0 Å². The zero-order valence-corrected chi connectivity index (χ0v) is 16.9. The van der Waals surface area contributed by atoms with Crippen LogP contribution in [0.15, 0.2) is 48.5 Å². The van der Waals surface area contributed by atoms with Gasteiger partial charge in [-0.1, -0.05) is 55.5 Å². The monoisotopic (exact) mass is 377 g/mol. The average molecular weight is 378 g/mol. The first-order valence-electron chi connectivity index (χ1n) is 10.8. The van der Waals surface area contributed by atoms with Crippen LogP contribution in [-0.4, -0.2) is 19.1 Å². The Balaban J connectivity index is 1.59. The molecule has 1 saturated heterocycles. The normalized spacial score (nSPS) is 19.5. The van der Waals surface area contributed by atoms with Gasteiger partial charge in [0.15, 0.2) is 0 Å². The predicted molar refractivity (Wildman–Crippen MR) is 112 cm³/mol. The summed E-state index contributed by atoms with van der Waals surface area (Å²) >= 11 is 0. The lowest BCUT2D eigenvalue weighted by atomic mass is 9.73. The quantitative estimate of drug-likeness (QED) is 0.806. The van der Waals surface area contributed by atoms with Crippen molar-refractivity contribution in [2.75, 3.05) is 13.2 Å². The number of hydrogen-bond acceptors (Lipinski definition) is 2. The molecular weight excluding hydrogens is 346 g/mol. The zero-order chi connectivity index (χ0) is 19.4. The van der Waals surface area contributed by atoms with Crippen molar-refractivity contribution < 1.29 is 9.53 Å². The fourth-order valence-electron chi connectivity index (χ4n) is 4.81. The number of aryl methyl sites for hydroxylation is 2. The molecule has 28 heavy (non-hydrogen) atoms. The maximum absolute atomic E-state index is 13.6. The third-order valence-electron chi connectivity index (χ3n) is 6.60. The number of benzene rings is 2. The van der Waals surface area contributed by atoms with Crippen molar-refractivity contribution in [2.45, 2.75) is 63.3 Å². The molecule has 2 aliphatic rings. The summed E-state index contributed by atoms with van der Waals surface area (Å²) in [5.74, 6) is 0.145. The molecule has 1 N–H and O–H groups in total. The van der Waals surface area contributed by atoms with Crippen molar-refractivity contribution in [3.8, 4) is 0 Å². The highest BCUT2D eigenvalue weighted by atomic mass is 16.5. The van der Waals surface area contributed by atoms with Gasteiger partial charge in [0, 0.05) is 13.2 Å². The summed E-state index contributed by atoms with van der Waals surface area (Å²) in [5, 5.41) is 3.40. The van der Waals surface area contributed by atoms with Crippen LogP contribution in [0.1, 0.15) is 67.3 Å². The SMILES string of the molecule is CC[C@@H](NC(=O)C1(c2ccccc2)CCOCC1)c1ccc2c(c1)CCCC2. The number of carbonyl (C=O) groups is 1. The maximum atomic E-state index is 13.6. The van der Waals surface area contributed by atoms with Gasteiger partial charge in [0.1, 0.15) is 0 Å². The minimum atomic E-state index is -0.485. The van der Waals surface area contributed by atoms with E-state index in [1.807, 2.05) is 18.2 Å². The number of carbonyl (C=O) groups excluding carboxylic acids is 1. The van der Waals surface area contributed by atoms with E-state index in [0.717, 1.165) is 24.8 Å². The Labute approximate surface area is 168 Å². The third-order valence-corrected chi connectivity index (χ3v) is 6.60. The molecule has 1 atom stereocenters. The molecule has 1 fully saturated rings. The molecule has 148 valence electrons. The van der Waals surface area contributed by atoms with Crippen molar-refractivity contribution in [3.05, 3.63) is 70.8 Å². The Morgan fingerprint density at radius 2 is 1.75 bits per heavy atom. The van der Waals surface area contributed by atoms with Crippen LogP contribution in [-0.2, 0) is 27.8 Å². The summed E-state index contributed by atoms with van der Waals surface area (Å²) in [5.41, 5.74) is 4.82. The number of rotatable bonds is 5. The standard InChI is InChI=1S/C25H31NO2/c1-2-23(21-13-12-19-8-6-7-9-20(19)18-21)26-24(27)25(14-16-28-17-15-25)22-10-4-3-5-11-22/h3-5,10-13,18,23H,2,6-9,14-17H2,1H3,(H,26,27)/t23-/m1/s1. The smallest absolute Gasteiger partial charge is 0.231 e. The lowest BCUT2D eigenvalue weighted by Gasteiger charge is -2.37. The van der Waals surface area contributed by atoms with Crippen molar-refractivity contribution in [1.29, 1.82) is 0 Å². The van der Waals surface area contributed by atoms with Crippen LogP contribution in [0.5, 0.6) is 0 Å². The molecule has 0 bridgehead atoms. The lowest BCUT2D eigenvalue weighted by molar-refractivity contribution is -0.131. The molecule has 0 aromatic heterocycles. The van der Waals surface area contributed by atoms with Crippen molar-refractivity contribution >= 4 is 5.91 Å². The molecule has 2 aromatic rings. The third kappa shape index (κ3) is 3.73. The second-order valence-electron chi connectivity index (χ2n) is 8.23. The Morgan fingerprint density at radius 1 is 1.04 bits per heavy atom. The number of nitrogens with one attached hydrogen (secondary N) is 1. The van der Waals surface area contributed by atoms with Gasteiger partial charge in [0.2, 0.25) is 5.91 Å². The van der Waals surface area contributed by atoms with Crippen molar-refractivity contribution in [1.82, 2.24) is 5.32 Å². The van der Waals surface area contributed by atoms with Crippen LogP contribution < -0.4 is 5.32 Å². The molecule has 1 amide bonds. The van der Waals surface area contributed by atoms with E-state index < -0.39 is 5.41 Å². The molecule has 1 heterocycles. The minimum Gasteiger partial charge on any atom is -0.381 e. The average Bonchev–Trinajstić information content (AvgIpc) is 2.78. The summed E-state index contributed by atoms with van der Waals surface area (Å²) in [6.07, 6.45) is 7.30. The number of hydrogen-bond donors (Lipinski definition) is 1. The van der Waals surface area contributed by atoms with Gasteiger partial charge in [-0.3, -0.25) is 4.79 Å². The summed E-state index contributed by atoms with van der Waals surface area (Å²) in [6.45, 7) is 3.43. The summed E-state index contributed by atoms with van der Waals surface area (Å²) in [6, 6.07) is 17.1. The van der Waals surface area contributed by atoms with Crippen LogP contribution in [0.3, 0.4) is 0 Å². The van der Waals surface area contributed by atoms with E-state index in [4.69, 9.17) is 4.74 Å². The molecule has 1 aliphatic heterocycles. The molecule has 3 nitrogen and oxygen atoms in total. The minimum absolute atomic E-state index is 0.0585. The van der Waals surface area contributed by atoms with Gasteiger partial charge in [0.05, 0.1) is 11.5 Å². The first-order valence-corrected chi connectivity index (χ1v) is 10.8. The number of ether oxygens (including phenoxy) is 1. The molecule has 0 radical (unpaired) electrons. The molecular formula is C25H31NO2. The number of fused-ring (bicyclic) bond motifs is 1. The molecule has 0 spiro atoms. The molecule has 0 unspecified atom stereocenters. The Kier molecular flexibility index (Phi) is 5.82. The molecule has 1 aliphatic carbocycles. The van der Waals surface area contributed by atoms with Gasteiger partial charge < -0.3 is 10.1 Å². The fraction of sp³-hybridized carbons (Fsp3) is 0.480. The topological polar surface area (TPSA) is 38.3 Å². The first kappa shape index (κ1) is 19.2. The highest BCUT2D eigenvalue weighted by Gasteiger charge is 2.42. The Hall–Kier alpha value is -2.13. The van der Waals surface area contributed by atoms with Crippen LogP contribution >= 0.6 is 0 Å². The maximum Gasteiger partial charge on any atom is 0.231 e. The van der Waals surface area contributed by atoms with E-state index in [1.165, 1.54) is 42.4 Å². The Bertz CT molecular complexity index is 809. The van der Waals surface area contributed by atoms with Gasteiger partial charge in [0.25, 0.3) is 0 Å². The summed E-state index contributed by atoms with van der Waals surface area (Å²) in [7, 11) is 0. The largest absolute Gasteiger partial charge is 0.381 e. The predicted octanol–water partition coefficient (Wildman–Crippen LogP) is 4.88. The van der Waals surface area contributed by atoms with Gasteiger partial charge in [-0.25, -0.2) is 0 Å². The zero-order valence-electron chi connectivity index (χ0n) is 16.9. The van der Waals surface area contributed by atoms with E-state index >= 15 is 0 Å². The van der Waals surface area contributed by atoms with Crippen LogP contribution in [0, 0.1) is 0 Å². The summed E-state index contributed by atoms with van der Waals surface area (Å²) in [4.78, 5) is 13.6. The molecule has 2 aromatic carbocycles. The van der Waals surface area contributed by atoms with Gasteiger partial charge in [-0.15, -0.1) is 0 Å². The fourth-order valence-corrected chi connectivity index (χ4v) is 4.81. The van der Waals surface area contributed by atoms with Crippen LogP contribution in [0.2, 0.25) is 0 Å². The van der Waals surface area contributed by atoms with Crippen LogP contribution in [0.25, 0.3) is 0 Å².